The van der Waals surface area contributed by atoms with Crippen molar-refractivity contribution in [1.29, 1.82) is 5.26 Å². The number of unbranched alkanes of at least 4 members (excludes halogenated alkanes) is 2. The molecule has 36 heavy (non-hydrogen) atoms. The van der Waals surface area contributed by atoms with Crippen molar-refractivity contribution in [2.45, 2.75) is 46.5 Å². The van der Waals surface area contributed by atoms with Gasteiger partial charge in [0.05, 0.1) is 11.5 Å². The van der Waals surface area contributed by atoms with E-state index in [1.807, 2.05) is 37.7 Å². The van der Waals surface area contributed by atoms with Crippen molar-refractivity contribution in [3.63, 3.8) is 0 Å². The second kappa shape index (κ2) is 9.53. The Labute approximate surface area is 211 Å². The molecule has 4 heterocycles. The molecule has 0 bridgehead atoms. The lowest BCUT2D eigenvalue weighted by molar-refractivity contribution is 0.335. The van der Waals surface area contributed by atoms with Crippen LogP contribution in [-0.4, -0.2) is 42.8 Å². The van der Waals surface area contributed by atoms with Gasteiger partial charge in [0.2, 0.25) is 5.95 Å². The summed E-state index contributed by atoms with van der Waals surface area (Å²) in [6.45, 7) is 7.45. The Morgan fingerprint density at radius 1 is 1.17 bits per heavy atom. The average molecular weight is 482 g/mol. The lowest BCUT2D eigenvalue weighted by Gasteiger charge is -2.44. The third-order valence-corrected chi connectivity index (χ3v) is 6.70. The van der Waals surface area contributed by atoms with Gasteiger partial charge in [0.25, 0.3) is 0 Å². The zero-order valence-electron chi connectivity index (χ0n) is 21.3. The molecule has 184 valence electrons. The molecule has 4 aromatic rings. The van der Waals surface area contributed by atoms with E-state index in [0.717, 1.165) is 58.8 Å². The van der Waals surface area contributed by atoms with Crippen LogP contribution in [-0.2, 0) is 13.5 Å². The fourth-order valence-corrected chi connectivity index (χ4v) is 4.74. The largest absolute Gasteiger partial charge is 0.351 e. The first-order chi connectivity index (χ1) is 17.4. The Bertz CT molecular complexity index is 1440. The van der Waals surface area contributed by atoms with Crippen LogP contribution in [0, 0.1) is 23.7 Å². The van der Waals surface area contributed by atoms with E-state index in [2.05, 4.69) is 56.6 Å². The van der Waals surface area contributed by atoms with Gasteiger partial charge in [-0.05, 0) is 56.5 Å². The number of hydrogen-bond donors (Lipinski definition) is 1. The SMILES string of the molecule is CCCCCc1cc(-c2nncn2C)ccc1Nc1ncc2cc(C)nc(N3CC(C)(C#N)C3)c2n1. The number of fused-ring (bicyclic) bond motifs is 1. The Kier molecular flexibility index (Phi) is 6.27. The van der Waals surface area contributed by atoms with Crippen molar-refractivity contribution in [2.75, 3.05) is 23.3 Å². The van der Waals surface area contributed by atoms with Gasteiger partial charge >= 0.3 is 0 Å². The van der Waals surface area contributed by atoms with E-state index < -0.39 is 0 Å². The van der Waals surface area contributed by atoms with E-state index in [1.165, 1.54) is 12.0 Å². The highest BCUT2D eigenvalue weighted by Crippen LogP contribution is 2.36. The molecular weight excluding hydrogens is 450 g/mol. The van der Waals surface area contributed by atoms with Crippen molar-refractivity contribution in [3.05, 3.63) is 48.0 Å². The number of aromatic nitrogens is 6. The van der Waals surface area contributed by atoms with Gasteiger partial charge in [-0.15, -0.1) is 10.2 Å². The summed E-state index contributed by atoms with van der Waals surface area (Å²) in [4.78, 5) is 16.4. The number of nitriles is 1. The van der Waals surface area contributed by atoms with Crippen LogP contribution < -0.4 is 10.2 Å². The quantitative estimate of drug-likeness (QED) is 0.352. The van der Waals surface area contributed by atoms with E-state index in [-0.39, 0.29) is 5.41 Å². The fourth-order valence-electron chi connectivity index (χ4n) is 4.74. The van der Waals surface area contributed by atoms with Crippen LogP contribution in [0.3, 0.4) is 0 Å². The zero-order valence-corrected chi connectivity index (χ0v) is 21.3. The lowest BCUT2D eigenvalue weighted by Crippen LogP contribution is -2.54. The minimum absolute atomic E-state index is 0.344. The molecule has 1 fully saturated rings. The molecule has 9 heteroatoms. The van der Waals surface area contributed by atoms with Crippen LogP contribution in [0.25, 0.3) is 22.3 Å². The fraction of sp³-hybridized carbons (Fsp3) is 0.407. The standard InChI is InChI=1S/C27H31N9/c1-5-6-7-8-19-12-20(24-34-30-17-35(24)4)9-10-22(19)32-26-29-13-21-11-18(2)31-25(23(21)33-26)36-15-27(3,14-28)16-36/h9-13,17H,5-8,15-16H2,1-4H3,(H,29,32,33). The highest BCUT2D eigenvalue weighted by atomic mass is 15.3. The van der Waals surface area contributed by atoms with Gasteiger partial charge in [0, 0.05) is 48.7 Å². The first kappa shape index (κ1) is 23.7. The van der Waals surface area contributed by atoms with Gasteiger partial charge in [-0.25, -0.2) is 15.0 Å². The summed E-state index contributed by atoms with van der Waals surface area (Å²) in [5.41, 5.74) is 4.57. The number of pyridine rings is 1. The van der Waals surface area contributed by atoms with Crippen molar-refractivity contribution in [3.8, 4) is 17.5 Å². The number of aryl methyl sites for hydroxylation is 3. The molecule has 1 aliphatic heterocycles. The number of benzene rings is 1. The molecule has 3 aromatic heterocycles. The normalized spacial score (nSPS) is 14.5. The predicted molar refractivity (Wildman–Crippen MR) is 141 cm³/mol. The monoisotopic (exact) mass is 481 g/mol. The van der Waals surface area contributed by atoms with Crippen molar-refractivity contribution >= 4 is 28.4 Å². The molecule has 1 N–H and O–H groups in total. The summed E-state index contributed by atoms with van der Waals surface area (Å²) in [6, 6.07) is 10.7. The minimum Gasteiger partial charge on any atom is -0.351 e. The van der Waals surface area contributed by atoms with Crippen molar-refractivity contribution in [1.82, 2.24) is 29.7 Å². The van der Waals surface area contributed by atoms with Crippen LogP contribution in [0.5, 0.6) is 0 Å². The molecule has 5 rings (SSSR count). The maximum absolute atomic E-state index is 9.44. The highest BCUT2D eigenvalue weighted by Gasteiger charge is 2.40. The van der Waals surface area contributed by atoms with Crippen LogP contribution >= 0.6 is 0 Å². The smallest absolute Gasteiger partial charge is 0.227 e. The van der Waals surface area contributed by atoms with Gasteiger partial charge in [-0.2, -0.15) is 5.26 Å². The Morgan fingerprint density at radius 2 is 2.00 bits per heavy atom. The minimum atomic E-state index is -0.344. The molecule has 0 atom stereocenters. The van der Waals surface area contributed by atoms with E-state index in [9.17, 15) is 5.26 Å². The van der Waals surface area contributed by atoms with E-state index in [1.54, 1.807) is 6.33 Å². The number of nitrogens with one attached hydrogen (secondary N) is 1. The molecule has 0 aliphatic carbocycles. The van der Waals surface area contributed by atoms with Gasteiger partial charge in [0.15, 0.2) is 11.6 Å². The first-order valence-corrected chi connectivity index (χ1v) is 12.4. The number of anilines is 3. The third-order valence-electron chi connectivity index (χ3n) is 6.70. The third kappa shape index (κ3) is 4.59. The second-order valence-corrected chi connectivity index (χ2v) is 9.97. The molecular formula is C27H31N9. The Morgan fingerprint density at radius 3 is 2.72 bits per heavy atom. The molecule has 9 nitrogen and oxygen atoms in total. The summed E-state index contributed by atoms with van der Waals surface area (Å²) in [7, 11) is 1.95. The number of nitrogens with zero attached hydrogens (tertiary/aromatic N) is 8. The lowest BCUT2D eigenvalue weighted by atomic mass is 9.83. The molecule has 1 aliphatic rings. The molecule has 0 radical (unpaired) electrons. The van der Waals surface area contributed by atoms with Gasteiger partial charge in [-0.1, -0.05) is 19.8 Å². The van der Waals surface area contributed by atoms with E-state index in [4.69, 9.17) is 9.97 Å². The Balaban J connectivity index is 1.48. The van der Waals surface area contributed by atoms with Crippen LogP contribution in [0.4, 0.5) is 17.5 Å². The van der Waals surface area contributed by atoms with Crippen molar-refractivity contribution in [2.24, 2.45) is 12.5 Å². The summed E-state index contributed by atoms with van der Waals surface area (Å²) in [5, 5.41) is 22.1. The van der Waals surface area contributed by atoms with Crippen molar-refractivity contribution < 1.29 is 0 Å². The molecule has 0 saturated carbocycles. The predicted octanol–water partition coefficient (Wildman–Crippen LogP) is 4.95. The maximum Gasteiger partial charge on any atom is 0.227 e. The molecule has 1 saturated heterocycles. The van der Waals surface area contributed by atoms with Gasteiger partial charge < -0.3 is 14.8 Å². The summed E-state index contributed by atoms with van der Waals surface area (Å²) >= 11 is 0. The van der Waals surface area contributed by atoms with Crippen LogP contribution in [0.2, 0.25) is 0 Å². The number of hydrogen-bond acceptors (Lipinski definition) is 8. The summed E-state index contributed by atoms with van der Waals surface area (Å²) in [5.74, 6) is 2.18. The summed E-state index contributed by atoms with van der Waals surface area (Å²) < 4.78 is 1.92. The molecule has 0 unspecified atom stereocenters. The second-order valence-electron chi connectivity index (χ2n) is 9.97. The highest BCUT2D eigenvalue weighted by molar-refractivity contribution is 5.90. The molecule has 1 aromatic carbocycles. The van der Waals surface area contributed by atoms with Crippen LogP contribution in [0.15, 0.2) is 36.8 Å². The number of rotatable bonds is 8. The van der Waals surface area contributed by atoms with E-state index >= 15 is 0 Å². The van der Waals surface area contributed by atoms with E-state index in [0.29, 0.717) is 19.0 Å². The molecule has 0 amide bonds. The average Bonchev–Trinajstić information content (AvgIpc) is 3.28. The molecule has 0 spiro atoms. The zero-order chi connectivity index (χ0) is 25.3. The topological polar surface area (TPSA) is 108 Å². The van der Waals surface area contributed by atoms with Crippen LogP contribution in [0.1, 0.15) is 44.4 Å². The maximum atomic E-state index is 9.44. The van der Waals surface area contributed by atoms with Gasteiger partial charge in [-0.3, -0.25) is 0 Å². The first-order valence-electron chi connectivity index (χ1n) is 12.4. The summed E-state index contributed by atoms with van der Waals surface area (Å²) in [6.07, 6.45) is 7.94. The Hall–Kier alpha value is -4.06. The van der Waals surface area contributed by atoms with Gasteiger partial charge in [0.1, 0.15) is 11.8 Å².